The van der Waals surface area contributed by atoms with E-state index < -0.39 is 4.92 Å². The first-order chi connectivity index (χ1) is 8.97. The van der Waals surface area contributed by atoms with Crippen LogP contribution >= 0.6 is 34.8 Å². The molecule has 2 aromatic rings. The number of aromatic nitrogens is 2. The molecule has 0 atom stereocenters. The van der Waals surface area contributed by atoms with Gasteiger partial charge in [0.25, 0.3) is 0 Å². The first-order valence-electron chi connectivity index (χ1n) is 4.77. The molecule has 0 aliphatic heterocycles. The lowest BCUT2D eigenvalue weighted by molar-refractivity contribution is -0.385. The molecule has 19 heavy (non-hydrogen) atoms. The van der Waals surface area contributed by atoms with Crippen LogP contribution in [0.5, 0.6) is 11.6 Å². The molecule has 1 aromatic carbocycles. The van der Waals surface area contributed by atoms with Crippen molar-refractivity contribution in [2.75, 3.05) is 0 Å². The normalized spacial score (nSPS) is 10.3. The Balaban J connectivity index is 2.45. The van der Waals surface area contributed by atoms with Crippen molar-refractivity contribution in [2.24, 2.45) is 0 Å². The molecule has 98 valence electrons. The van der Waals surface area contributed by atoms with E-state index in [1.54, 1.807) is 0 Å². The number of halogens is 3. The molecule has 0 unspecified atom stereocenters. The fraction of sp³-hybridized carbons (Fsp3) is 0. The summed E-state index contributed by atoms with van der Waals surface area (Å²) < 4.78 is 5.27. The summed E-state index contributed by atoms with van der Waals surface area (Å²) in [6.45, 7) is 0. The maximum absolute atomic E-state index is 10.9. The third-order valence-corrected chi connectivity index (χ3v) is 2.68. The van der Waals surface area contributed by atoms with Crippen LogP contribution in [0.25, 0.3) is 0 Å². The predicted molar refractivity (Wildman–Crippen MR) is 70.2 cm³/mol. The fourth-order valence-electron chi connectivity index (χ4n) is 1.23. The Morgan fingerprint density at radius 2 is 2.00 bits per heavy atom. The number of hydrogen-bond donors (Lipinski definition) is 0. The van der Waals surface area contributed by atoms with Gasteiger partial charge in [-0.2, -0.15) is 4.98 Å². The Morgan fingerprint density at radius 3 is 2.68 bits per heavy atom. The average Bonchev–Trinajstić information content (AvgIpc) is 2.33. The molecule has 0 fully saturated rings. The highest BCUT2D eigenvalue weighted by Gasteiger charge is 2.18. The zero-order chi connectivity index (χ0) is 14.0. The predicted octanol–water partition coefficient (Wildman–Crippen LogP) is 4.14. The molecule has 0 aliphatic rings. The first kappa shape index (κ1) is 13.8. The van der Waals surface area contributed by atoms with Gasteiger partial charge in [0.1, 0.15) is 5.02 Å². The quantitative estimate of drug-likeness (QED) is 0.482. The lowest BCUT2D eigenvalue weighted by atomic mass is 10.3. The van der Waals surface area contributed by atoms with Gasteiger partial charge in [-0.25, -0.2) is 4.98 Å². The summed E-state index contributed by atoms with van der Waals surface area (Å²) in [5, 5.41) is 11.1. The maximum Gasteiger partial charge on any atom is 0.311 e. The number of nitrogens with zero attached hydrogens (tertiary/aromatic N) is 3. The minimum Gasteiger partial charge on any atom is -0.430 e. The number of ether oxygens (including phenoxy) is 1. The zero-order valence-corrected chi connectivity index (χ0v) is 11.3. The zero-order valence-electron chi connectivity index (χ0n) is 9.01. The molecule has 6 nitrogen and oxygen atoms in total. The highest BCUT2D eigenvalue weighted by atomic mass is 35.5. The number of benzene rings is 1. The molecular formula is C10H4Cl3N3O3. The van der Waals surface area contributed by atoms with Gasteiger partial charge in [-0.05, 0) is 17.7 Å². The van der Waals surface area contributed by atoms with Crippen LogP contribution in [0.4, 0.5) is 5.69 Å². The van der Waals surface area contributed by atoms with Crippen LogP contribution in [0.2, 0.25) is 15.3 Å². The van der Waals surface area contributed by atoms with Gasteiger partial charge >= 0.3 is 5.69 Å². The molecule has 2 rings (SSSR count). The molecule has 1 aromatic heterocycles. The Morgan fingerprint density at radius 1 is 1.26 bits per heavy atom. The molecule has 0 spiro atoms. The summed E-state index contributed by atoms with van der Waals surface area (Å²) in [6.07, 6.45) is 1.22. The number of nitro benzene ring substituents is 1. The monoisotopic (exact) mass is 319 g/mol. The van der Waals surface area contributed by atoms with E-state index in [0.717, 1.165) is 0 Å². The summed E-state index contributed by atoms with van der Waals surface area (Å²) in [4.78, 5) is 17.6. The van der Waals surface area contributed by atoms with Gasteiger partial charge in [-0.3, -0.25) is 10.1 Å². The van der Waals surface area contributed by atoms with Crippen molar-refractivity contribution in [3.05, 3.63) is 49.8 Å². The third-order valence-electron chi connectivity index (χ3n) is 2.01. The van der Waals surface area contributed by atoms with E-state index in [9.17, 15) is 10.1 Å². The average molecular weight is 321 g/mol. The minimum absolute atomic E-state index is 0.0682. The van der Waals surface area contributed by atoms with E-state index in [2.05, 4.69) is 9.97 Å². The van der Waals surface area contributed by atoms with Crippen LogP contribution in [0, 0.1) is 10.1 Å². The van der Waals surface area contributed by atoms with Crippen molar-refractivity contribution in [1.82, 2.24) is 9.97 Å². The highest BCUT2D eigenvalue weighted by molar-refractivity contribution is 6.32. The Kier molecular flexibility index (Phi) is 4.04. The van der Waals surface area contributed by atoms with Gasteiger partial charge in [0.15, 0.2) is 0 Å². The summed E-state index contributed by atoms with van der Waals surface area (Å²) in [5.74, 6) is -0.179. The van der Waals surface area contributed by atoms with Crippen molar-refractivity contribution in [3.8, 4) is 11.6 Å². The van der Waals surface area contributed by atoms with E-state index >= 15 is 0 Å². The number of rotatable bonds is 3. The van der Waals surface area contributed by atoms with Gasteiger partial charge in [0.2, 0.25) is 16.9 Å². The smallest absolute Gasteiger partial charge is 0.311 e. The summed E-state index contributed by atoms with van der Waals surface area (Å²) in [6, 6.07) is 3.88. The lowest BCUT2D eigenvalue weighted by Gasteiger charge is -2.07. The number of hydrogen-bond acceptors (Lipinski definition) is 5. The summed E-state index contributed by atoms with van der Waals surface area (Å²) in [5.41, 5.74) is -0.268. The molecule has 1 heterocycles. The van der Waals surface area contributed by atoms with Crippen LogP contribution in [0.3, 0.4) is 0 Å². The minimum atomic E-state index is -0.609. The Hall–Kier alpha value is -1.63. The summed E-state index contributed by atoms with van der Waals surface area (Å²) in [7, 11) is 0. The van der Waals surface area contributed by atoms with Crippen LogP contribution in [-0.4, -0.2) is 14.9 Å². The van der Waals surface area contributed by atoms with Gasteiger partial charge in [0, 0.05) is 17.2 Å². The lowest BCUT2D eigenvalue weighted by Crippen LogP contribution is -1.96. The van der Waals surface area contributed by atoms with Crippen LogP contribution in [-0.2, 0) is 0 Å². The SMILES string of the molecule is O=[N+]([O-])c1ccc(Cl)cc1Oc1nc(Cl)ncc1Cl. The second kappa shape index (κ2) is 5.56. The van der Waals surface area contributed by atoms with Crippen molar-refractivity contribution in [1.29, 1.82) is 0 Å². The van der Waals surface area contributed by atoms with E-state index in [0.29, 0.717) is 0 Å². The largest absolute Gasteiger partial charge is 0.430 e. The van der Waals surface area contributed by atoms with Crippen molar-refractivity contribution >= 4 is 40.5 Å². The van der Waals surface area contributed by atoms with Crippen molar-refractivity contribution in [3.63, 3.8) is 0 Å². The molecule has 0 saturated carbocycles. The van der Waals surface area contributed by atoms with E-state index in [1.807, 2.05) is 0 Å². The fourth-order valence-corrected chi connectivity index (χ4v) is 1.64. The standard InChI is InChI=1S/C10H4Cl3N3O3/c11-5-1-2-7(16(17)18)8(3-5)19-9-6(12)4-14-10(13)15-9/h1-4H. The van der Waals surface area contributed by atoms with Crippen LogP contribution in [0.15, 0.2) is 24.4 Å². The van der Waals surface area contributed by atoms with Gasteiger partial charge in [-0.15, -0.1) is 0 Å². The number of nitro groups is 1. The first-order valence-corrected chi connectivity index (χ1v) is 5.90. The van der Waals surface area contributed by atoms with Crippen molar-refractivity contribution < 1.29 is 9.66 Å². The van der Waals surface area contributed by atoms with E-state index in [-0.39, 0.29) is 32.6 Å². The van der Waals surface area contributed by atoms with E-state index in [1.165, 1.54) is 24.4 Å². The molecule has 0 aliphatic carbocycles. The molecule has 0 bridgehead atoms. The van der Waals surface area contributed by atoms with Crippen LogP contribution < -0.4 is 4.74 Å². The van der Waals surface area contributed by atoms with Gasteiger partial charge < -0.3 is 4.74 Å². The summed E-state index contributed by atoms with van der Waals surface area (Å²) >= 11 is 17.2. The Labute approximate surface area is 122 Å². The van der Waals surface area contributed by atoms with Crippen molar-refractivity contribution in [2.45, 2.75) is 0 Å². The van der Waals surface area contributed by atoms with E-state index in [4.69, 9.17) is 39.5 Å². The third kappa shape index (κ3) is 3.23. The molecule has 0 radical (unpaired) electrons. The maximum atomic E-state index is 10.9. The van der Waals surface area contributed by atoms with Crippen LogP contribution in [0.1, 0.15) is 0 Å². The highest BCUT2D eigenvalue weighted by Crippen LogP contribution is 2.35. The molecular weight excluding hydrogens is 316 g/mol. The molecule has 0 N–H and O–H groups in total. The second-order valence-corrected chi connectivity index (χ2v) is 4.45. The molecule has 0 saturated heterocycles. The van der Waals surface area contributed by atoms with Gasteiger partial charge in [0.05, 0.1) is 11.1 Å². The Bertz CT molecular complexity index is 651. The molecule has 0 amide bonds. The molecule has 9 heteroatoms. The van der Waals surface area contributed by atoms with Gasteiger partial charge in [-0.1, -0.05) is 23.2 Å². The second-order valence-electron chi connectivity index (χ2n) is 3.26. The topological polar surface area (TPSA) is 78.2 Å².